The Bertz CT molecular complexity index is 1370. The number of fused-ring (bicyclic) bond motifs is 4. The van der Waals surface area contributed by atoms with E-state index >= 15 is 0 Å². The minimum Gasteiger partial charge on any atom is -0.254 e. The minimum atomic E-state index is 0.342. The molecule has 0 aliphatic rings. The lowest BCUT2D eigenvalue weighted by Crippen LogP contribution is -1.98. The standard InChI is InChI=1S/C24H21N3S/c1-13(2)21-17-9-6-5-8-16(17)12-19(27-21)23-24-20(14(3)15(4)28-24)22-18(26-23)10-7-11-25-22/h5-13H,1-4H3. The van der Waals surface area contributed by atoms with E-state index in [0.717, 1.165) is 28.1 Å². The zero-order valence-electron chi connectivity index (χ0n) is 16.4. The highest BCUT2D eigenvalue weighted by Gasteiger charge is 2.19. The van der Waals surface area contributed by atoms with Crippen LogP contribution in [0.3, 0.4) is 0 Å². The van der Waals surface area contributed by atoms with Gasteiger partial charge in [-0.3, -0.25) is 9.97 Å². The van der Waals surface area contributed by atoms with Crippen molar-refractivity contribution in [2.45, 2.75) is 33.6 Å². The van der Waals surface area contributed by atoms with Gasteiger partial charge in [0.05, 0.1) is 27.1 Å². The van der Waals surface area contributed by atoms with Crippen molar-refractivity contribution in [3.05, 3.63) is 64.8 Å². The fourth-order valence-electron chi connectivity index (χ4n) is 3.89. The van der Waals surface area contributed by atoms with E-state index in [1.54, 1.807) is 11.3 Å². The molecule has 5 rings (SSSR count). The zero-order chi connectivity index (χ0) is 19.4. The number of hydrogen-bond acceptors (Lipinski definition) is 4. The molecule has 0 atom stereocenters. The molecule has 1 aromatic carbocycles. The average Bonchev–Trinajstić information content (AvgIpc) is 3.01. The first-order valence-corrected chi connectivity index (χ1v) is 10.4. The number of benzene rings is 1. The third-order valence-electron chi connectivity index (χ3n) is 5.42. The van der Waals surface area contributed by atoms with Crippen molar-refractivity contribution in [3.63, 3.8) is 0 Å². The second-order valence-electron chi connectivity index (χ2n) is 7.59. The average molecular weight is 384 g/mol. The summed E-state index contributed by atoms with van der Waals surface area (Å²) in [4.78, 5) is 16.1. The Morgan fingerprint density at radius 2 is 1.79 bits per heavy atom. The van der Waals surface area contributed by atoms with Gasteiger partial charge in [0.15, 0.2) is 0 Å². The van der Waals surface area contributed by atoms with Gasteiger partial charge in [0.1, 0.15) is 5.69 Å². The molecule has 4 aromatic heterocycles. The summed E-state index contributed by atoms with van der Waals surface area (Å²) in [5.74, 6) is 0.342. The van der Waals surface area contributed by atoms with E-state index in [0.29, 0.717) is 5.92 Å². The molecule has 5 aromatic rings. The molecule has 0 saturated heterocycles. The highest BCUT2D eigenvalue weighted by Crippen LogP contribution is 2.40. The van der Waals surface area contributed by atoms with Crippen molar-refractivity contribution in [2.24, 2.45) is 0 Å². The van der Waals surface area contributed by atoms with E-state index in [1.165, 1.54) is 31.3 Å². The zero-order valence-corrected chi connectivity index (χ0v) is 17.3. The first kappa shape index (κ1) is 17.3. The first-order valence-electron chi connectivity index (χ1n) is 9.59. The molecule has 0 aliphatic carbocycles. The van der Waals surface area contributed by atoms with Crippen LogP contribution in [0.5, 0.6) is 0 Å². The maximum Gasteiger partial charge on any atom is 0.107 e. The van der Waals surface area contributed by atoms with Crippen LogP contribution in [0.25, 0.3) is 43.3 Å². The Labute approximate surface area is 168 Å². The molecule has 28 heavy (non-hydrogen) atoms. The van der Waals surface area contributed by atoms with Crippen LogP contribution in [-0.2, 0) is 0 Å². The van der Waals surface area contributed by atoms with Gasteiger partial charge < -0.3 is 0 Å². The van der Waals surface area contributed by atoms with Crippen LogP contribution in [0.2, 0.25) is 0 Å². The molecule has 0 bridgehead atoms. The maximum absolute atomic E-state index is 5.09. The van der Waals surface area contributed by atoms with E-state index in [2.05, 4.69) is 63.0 Å². The Balaban J connectivity index is 1.92. The fraction of sp³-hybridized carbons (Fsp3) is 0.208. The summed E-state index contributed by atoms with van der Waals surface area (Å²) in [6.45, 7) is 8.75. The number of nitrogens with zero attached hydrogens (tertiary/aromatic N) is 3. The van der Waals surface area contributed by atoms with Gasteiger partial charge in [-0.25, -0.2) is 4.98 Å². The molecule has 0 fully saturated rings. The summed E-state index contributed by atoms with van der Waals surface area (Å²) in [6, 6.07) is 14.7. The van der Waals surface area contributed by atoms with Crippen LogP contribution in [0, 0.1) is 13.8 Å². The molecule has 3 nitrogen and oxygen atoms in total. The number of aryl methyl sites for hydroxylation is 2. The molecule has 0 spiro atoms. The topological polar surface area (TPSA) is 38.7 Å². The van der Waals surface area contributed by atoms with Gasteiger partial charge >= 0.3 is 0 Å². The Morgan fingerprint density at radius 1 is 0.964 bits per heavy atom. The van der Waals surface area contributed by atoms with E-state index in [-0.39, 0.29) is 0 Å². The van der Waals surface area contributed by atoms with Gasteiger partial charge in [0.2, 0.25) is 0 Å². The highest BCUT2D eigenvalue weighted by atomic mass is 32.1. The predicted octanol–water partition coefficient (Wildman–Crippen LogP) is 6.80. The largest absolute Gasteiger partial charge is 0.254 e. The number of aromatic nitrogens is 3. The lowest BCUT2D eigenvalue weighted by Gasteiger charge is -2.13. The lowest BCUT2D eigenvalue weighted by molar-refractivity contribution is 0.836. The third-order valence-corrected chi connectivity index (χ3v) is 6.63. The van der Waals surface area contributed by atoms with Crippen molar-refractivity contribution in [2.75, 3.05) is 0 Å². The van der Waals surface area contributed by atoms with Crippen molar-refractivity contribution < 1.29 is 0 Å². The summed E-state index contributed by atoms with van der Waals surface area (Å²) < 4.78 is 1.18. The Morgan fingerprint density at radius 3 is 2.61 bits per heavy atom. The van der Waals surface area contributed by atoms with Crippen LogP contribution >= 0.6 is 11.3 Å². The van der Waals surface area contributed by atoms with E-state index in [1.807, 2.05) is 18.3 Å². The summed E-state index contributed by atoms with van der Waals surface area (Å²) >= 11 is 1.79. The second kappa shape index (κ2) is 6.35. The van der Waals surface area contributed by atoms with Crippen molar-refractivity contribution in [1.29, 1.82) is 0 Å². The minimum absolute atomic E-state index is 0.342. The van der Waals surface area contributed by atoms with Crippen molar-refractivity contribution in [3.8, 4) is 11.4 Å². The van der Waals surface area contributed by atoms with Gasteiger partial charge in [-0.2, -0.15) is 0 Å². The molecular weight excluding hydrogens is 362 g/mol. The first-order chi connectivity index (χ1) is 13.5. The number of thiophene rings is 1. The Hall–Kier alpha value is -2.85. The van der Waals surface area contributed by atoms with Crippen molar-refractivity contribution >= 4 is 43.2 Å². The molecule has 4 heteroatoms. The smallest absolute Gasteiger partial charge is 0.107 e. The molecule has 0 saturated carbocycles. The highest BCUT2D eigenvalue weighted by molar-refractivity contribution is 7.20. The number of rotatable bonds is 2. The van der Waals surface area contributed by atoms with Gasteiger partial charge in [0.25, 0.3) is 0 Å². The lowest BCUT2D eigenvalue weighted by atomic mass is 10.00. The van der Waals surface area contributed by atoms with Gasteiger partial charge in [-0.15, -0.1) is 11.3 Å². The van der Waals surface area contributed by atoms with Crippen LogP contribution in [-0.4, -0.2) is 15.0 Å². The summed E-state index contributed by atoms with van der Waals surface area (Å²) in [5.41, 5.74) is 6.22. The normalized spacial score (nSPS) is 11.9. The fourth-order valence-corrected chi connectivity index (χ4v) is 5.05. The Kier molecular flexibility index (Phi) is 3.91. The van der Waals surface area contributed by atoms with Crippen LogP contribution in [0.15, 0.2) is 48.7 Å². The van der Waals surface area contributed by atoms with Crippen LogP contribution < -0.4 is 0 Å². The van der Waals surface area contributed by atoms with E-state index in [9.17, 15) is 0 Å². The molecule has 0 unspecified atom stereocenters. The molecular formula is C24H21N3S. The number of hydrogen-bond donors (Lipinski definition) is 0. The quantitative estimate of drug-likeness (QED) is 0.336. The predicted molar refractivity (Wildman–Crippen MR) is 119 cm³/mol. The SMILES string of the molecule is Cc1sc2c(-c3cc4ccccc4c(C(C)C)n3)nc3cccnc3c2c1C. The van der Waals surface area contributed by atoms with E-state index in [4.69, 9.17) is 9.97 Å². The molecule has 0 N–H and O–H groups in total. The summed E-state index contributed by atoms with van der Waals surface area (Å²) in [5, 5.41) is 3.64. The molecule has 138 valence electrons. The van der Waals surface area contributed by atoms with Gasteiger partial charge in [0, 0.05) is 21.8 Å². The maximum atomic E-state index is 5.09. The second-order valence-corrected chi connectivity index (χ2v) is 8.81. The van der Waals surface area contributed by atoms with Crippen molar-refractivity contribution in [1.82, 2.24) is 15.0 Å². The summed E-state index contributed by atoms with van der Waals surface area (Å²) in [6.07, 6.45) is 1.85. The van der Waals surface area contributed by atoms with Crippen LogP contribution in [0.1, 0.15) is 35.9 Å². The number of pyridine rings is 3. The van der Waals surface area contributed by atoms with Gasteiger partial charge in [-0.05, 0) is 48.9 Å². The van der Waals surface area contributed by atoms with Gasteiger partial charge in [-0.1, -0.05) is 38.1 Å². The molecule has 0 amide bonds. The molecule has 4 heterocycles. The third kappa shape index (κ3) is 2.52. The molecule has 0 radical (unpaired) electrons. The molecule has 0 aliphatic heterocycles. The summed E-state index contributed by atoms with van der Waals surface area (Å²) in [7, 11) is 0. The monoisotopic (exact) mass is 383 g/mol. The van der Waals surface area contributed by atoms with Crippen LogP contribution in [0.4, 0.5) is 0 Å². The van der Waals surface area contributed by atoms with E-state index < -0.39 is 0 Å².